The van der Waals surface area contributed by atoms with Crippen LogP contribution in [0.15, 0.2) is 120 Å². The molecular weight excluding hydrogens is 1620 g/mol. The maximum Gasteiger partial charge on any atom is 0.522 e. The standard InChI is InChI=1S/C31H38F3N5O6.C24H32BrN5O4.C16H12N2O7.C7H9F3O3/c1-17(2)25-27(41)36-19(4)28(42)39-14-6-7-23(38-39)26(40)35-18(3)22-11-10-21-9-8-20(15-24(21)37-22)12-13-30(5,29(43)45-25)16-44-31(32,33)34;1-13(2)21(31)23(33)27-15(4)24(34)30-11-5-6-19(29-30)22(32)26-14(3)18-10-8-16-7-9-17(25)12-20(16)28-18;1-9-5-3-7-11(17(21)22)13(9)15(19)25-16(20)14-10(2)6-4-8-12(14)18(23)24;1-3-6(2,5(11)12)4-13-7(8,9)10/h8-13,15,17-19,23,25,38H,6-7,14,16H2,1-5H3,(H,35,40)(H,36,41);7-10,12-15,19,21,29,31H,5-6,11H2,1-4H3,(H,26,32)(H,27,33);3-8H,1-2H3;3H,1,4H2,2H3,(H,11,12)/b13-12+;;;/t18-,19+,23+,25+,30-;14-,15+,19+,21+;;6-/m11.1/s1. The maximum atomic E-state index is 13.5. The van der Waals surface area contributed by atoms with Crippen molar-refractivity contribution in [1.29, 1.82) is 0 Å². The monoisotopic (exact) mass is 1710 g/mol. The summed E-state index contributed by atoms with van der Waals surface area (Å²) in [7, 11) is 0. The van der Waals surface area contributed by atoms with Crippen LogP contribution in [0.2, 0.25) is 0 Å². The van der Waals surface area contributed by atoms with E-state index in [1.165, 1.54) is 74.1 Å². The van der Waals surface area contributed by atoms with E-state index in [2.05, 4.69) is 78.8 Å². The highest BCUT2D eigenvalue weighted by atomic mass is 79.9. The molecule has 632 valence electrons. The van der Waals surface area contributed by atoms with Crippen LogP contribution in [0.4, 0.5) is 37.7 Å². The smallest absolute Gasteiger partial charge is 0.481 e. The third kappa shape index (κ3) is 26.6. The van der Waals surface area contributed by atoms with Gasteiger partial charge in [0.25, 0.3) is 29.1 Å². The summed E-state index contributed by atoms with van der Waals surface area (Å²) in [6.07, 6.45) is -6.65. The molecule has 8 N–H and O–H groups in total. The molecule has 2 saturated heterocycles. The number of nitro groups is 2. The molecule has 0 spiro atoms. The molecule has 0 radical (unpaired) electrons. The molecule has 3 aliphatic rings. The zero-order valence-corrected chi connectivity index (χ0v) is 67.3. The fraction of sp³-hybridized carbons (Fsp3) is 0.436. The van der Waals surface area contributed by atoms with Crippen LogP contribution in [0.5, 0.6) is 0 Å². The number of rotatable bonds is 18. The van der Waals surface area contributed by atoms with E-state index < -0.39 is 148 Å². The highest BCUT2D eigenvalue weighted by molar-refractivity contribution is 9.10. The summed E-state index contributed by atoms with van der Waals surface area (Å²) in [6, 6.07) is 22.4. The Morgan fingerprint density at radius 2 is 1.31 bits per heavy atom. The number of aryl methyl sites for hydroxylation is 2. The van der Waals surface area contributed by atoms with Gasteiger partial charge in [-0.15, -0.1) is 32.9 Å². The van der Waals surface area contributed by atoms with Gasteiger partial charge in [-0.3, -0.25) is 88.0 Å². The Kier molecular flexibility index (Phi) is 33.2. The molecule has 0 unspecified atom stereocenters. The number of carbonyl (C=O) groups is 10. The number of carboxylic acid groups (broad SMARTS) is 1. The number of aromatic nitrogens is 2. The average molecular weight is 1710 g/mol. The lowest BCUT2D eigenvalue weighted by atomic mass is 9.90. The summed E-state index contributed by atoms with van der Waals surface area (Å²) in [4.78, 5) is 156. The maximum absolute atomic E-state index is 13.5. The number of hydrogen-bond donors (Lipinski definition) is 8. The molecular formula is C78H91BrF6N12O20. The highest BCUT2D eigenvalue weighted by Gasteiger charge is 2.44. The predicted octanol–water partition coefficient (Wildman–Crippen LogP) is 10.7. The summed E-state index contributed by atoms with van der Waals surface area (Å²) in [5, 5.41) is 55.9. The SMILES string of the molecule is C=C[C@](C)(COC(F)(F)F)C(=O)O.CC(C)[C@@H]1OC(=O)[C@@](C)(COC(F)(F)F)/C=C/c2ccc3ccc(nc3c2)[C@@H](C)NC(=O)[C@@H]2CCCN(N2)C(=O)[C@H](C)NC1=O.CC(C)[C@H](O)C(=O)N[C@@H](C)C(=O)N1CCC[C@@H](C(=O)N[C@H](C)c2ccc3ccc(Br)cc3n2)N1.Cc1cccc([N+](=O)[O-])c1C(=O)OC(=O)c1c(C)cccc1[N+](=O)[O-]. The van der Waals surface area contributed by atoms with Crippen molar-refractivity contribution in [2.45, 2.75) is 170 Å². The van der Waals surface area contributed by atoms with Gasteiger partial charge in [0.2, 0.25) is 17.7 Å². The van der Waals surface area contributed by atoms with E-state index in [1.54, 1.807) is 65.8 Å². The average Bonchev–Trinajstić information content (AvgIpc) is 1.12. The molecule has 5 heterocycles. The molecule has 117 heavy (non-hydrogen) atoms. The van der Waals surface area contributed by atoms with Gasteiger partial charge in [-0.2, -0.15) is 0 Å². The molecule has 9 rings (SSSR count). The molecule has 5 bridgehead atoms. The van der Waals surface area contributed by atoms with E-state index in [-0.39, 0.29) is 51.9 Å². The molecule has 32 nitrogen and oxygen atoms in total. The Bertz CT molecular complexity index is 4670. The Morgan fingerprint density at radius 1 is 0.752 bits per heavy atom. The van der Waals surface area contributed by atoms with Gasteiger partial charge in [-0.1, -0.05) is 116 Å². The van der Waals surface area contributed by atoms with Crippen LogP contribution in [-0.2, 0) is 57.3 Å². The zero-order valence-electron chi connectivity index (χ0n) is 65.7. The number of carboxylic acids is 1. The van der Waals surface area contributed by atoms with Gasteiger partial charge < -0.3 is 41.0 Å². The number of alkyl halides is 6. The Hall–Kier alpha value is -11.3. The molecule has 3 aliphatic heterocycles. The number of ether oxygens (including phenoxy) is 4. The van der Waals surface area contributed by atoms with Crippen molar-refractivity contribution in [2.75, 3.05) is 26.3 Å². The van der Waals surface area contributed by atoms with E-state index in [0.717, 1.165) is 51.6 Å². The molecule has 10 atom stereocenters. The zero-order chi connectivity index (χ0) is 87.5. The summed E-state index contributed by atoms with van der Waals surface area (Å²) < 4.78 is 92.5. The lowest BCUT2D eigenvalue weighted by Crippen LogP contribution is -2.61. The van der Waals surface area contributed by atoms with Gasteiger partial charge in [0.05, 0.1) is 57.6 Å². The van der Waals surface area contributed by atoms with Crippen molar-refractivity contribution < 1.29 is 113 Å². The Balaban J connectivity index is 0.000000261. The van der Waals surface area contributed by atoms with E-state index in [0.29, 0.717) is 55.5 Å². The highest BCUT2D eigenvalue weighted by Crippen LogP contribution is 2.33. The number of nitrogens with one attached hydrogen (secondary N) is 6. The molecule has 2 aromatic heterocycles. The molecule has 4 aromatic carbocycles. The number of hydrazine groups is 2. The summed E-state index contributed by atoms with van der Waals surface area (Å²) in [6.45, 7) is 20.2. The number of pyridine rings is 2. The van der Waals surface area contributed by atoms with Crippen LogP contribution in [0.25, 0.3) is 27.9 Å². The van der Waals surface area contributed by atoms with Crippen molar-refractivity contribution >= 4 is 115 Å². The number of aliphatic carboxylic acids is 1. The summed E-state index contributed by atoms with van der Waals surface area (Å²) in [5.41, 5.74) is 4.16. The first-order valence-electron chi connectivity index (χ1n) is 36.5. The fourth-order valence-electron chi connectivity index (χ4n) is 11.6. The number of carbonyl (C=O) groups excluding carboxylic acids is 9. The molecule has 0 aliphatic carbocycles. The molecule has 6 aromatic rings. The number of benzene rings is 4. The summed E-state index contributed by atoms with van der Waals surface area (Å²) >= 11 is 3.45. The number of halogens is 7. The molecule has 2 fully saturated rings. The van der Waals surface area contributed by atoms with E-state index in [1.807, 2.05) is 43.3 Å². The second-order valence-corrected chi connectivity index (χ2v) is 29.8. The molecule has 0 saturated carbocycles. The van der Waals surface area contributed by atoms with Crippen LogP contribution in [0.3, 0.4) is 0 Å². The fourth-order valence-corrected chi connectivity index (χ4v) is 11.9. The van der Waals surface area contributed by atoms with Crippen molar-refractivity contribution in [3.63, 3.8) is 0 Å². The first-order chi connectivity index (χ1) is 54.6. The number of nitro benzene ring substituents is 2. The Labute approximate surface area is 675 Å². The predicted molar refractivity (Wildman–Crippen MR) is 413 cm³/mol. The third-order valence-corrected chi connectivity index (χ3v) is 19.1. The van der Waals surface area contributed by atoms with Crippen molar-refractivity contribution in [1.82, 2.24) is 52.1 Å². The third-order valence-electron chi connectivity index (χ3n) is 18.6. The number of amides is 6. The number of nitrogens with zero attached hydrogens (tertiary/aromatic N) is 6. The number of hydrogen-bond acceptors (Lipinski definition) is 23. The minimum atomic E-state index is -5.03. The van der Waals surface area contributed by atoms with Gasteiger partial charge in [0.1, 0.15) is 52.2 Å². The van der Waals surface area contributed by atoms with Crippen molar-refractivity contribution in [3.05, 3.63) is 180 Å². The number of fused-ring (bicyclic) bond motifs is 5. The summed E-state index contributed by atoms with van der Waals surface area (Å²) in [5.74, 6) is -8.71. The van der Waals surface area contributed by atoms with Gasteiger partial charge in [-0.25, -0.2) is 20.4 Å². The van der Waals surface area contributed by atoms with Gasteiger partial charge >= 0.3 is 36.6 Å². The number of cyclic esters (lactones) is 1. The lowest BCUT2D eigenvalue weighted by molar-refractivity contribution is -0.385. The van der Waals surface area contributed by atoms with Crippen LogP contribution >= 0.6 is 15.9 Å². The van der Waals surface area contributed by atoms with E-state index >= 15 is 0 Å². The quantitative estimate of drug-likeness (QED) is 0.00989. The molecule has 39 heteroatoms. The van der Waals surface area contributed by atoms with Crippen molar-refractivity contribution in [2.24, 2.45) is 22.7 Å². The minimum Gasteiger partial charge on any atom is -0.481 e. The van der Waals surface area contributed by atoms with Gasteiger partial charge in [-0.05, 0) is 140 Å². The molecule has 6 amide bonds. The number of aliphatic hydroxyl groups excluding tert-OH is 1. The normalized spacial score (nSPS) is 20.3. The largest absolute Gasteiger partial charge is 0.522 e. The first-order valence-corrected chi connectivity index (χ1v) is 37.3. The van der Waals surface area contributed by atoms with Gasteiger partial charge in [0.15, 0.2) is 6.10 Å². The van der Waals surface area contributed by atoms with E-state index in [4.69, 9.17) is 9.84 Å². The van der Waals surface area contributed by atoms with Crippen LogP contribution in [-0.4, -0.2) is 175 Å². The van der Waals surface area contributed by atoms with E-state index in [9.17, 15) is 99.6 Å². The topological polar surface area (TPSA) is 439 Å². The first kappa shape index (κ1) is 94.6. The number of esters is 3. The van der Waals surface area contributed by atoms with Crippen LogP contribution in [0, 0.1) is 56.7 Å². The van der Waals surface area contributed by atoms with Crippen LogP contribution < -0.4 is 32.1 Å². The minimum absolute atomic E-state index is 0.229. The second-order valence-electron chi connectivity index (χ2n) is 28.8. The second kappa shape index (κ2) is 41.0. The lowest BCUT2D eigenvalue weighted by Gasteiger charge is -2.35. The van der Waals surface area contributed by atoms with Crippen LogP contribution in [0.1, 0.15) is 156 Å². The number of aliphatic hydroxyl groups is 1. The Morgan fingerprint density at radius 3 is 1.86 bits per heavy atom. The van der Waals surface area contributed by atoms with Gasteiger partial charge in [0, 0.05) is 40.5 Å². The van der Waals surface area contributed by atoms with Crippen molar-refractivity contribution in [3.8, 4) is 0 Å².